The first kappa shape index (κ1) is 11.9. The molecule has 82 valence electrons. The maximum Gasteiger partial charge on any atom is 0.278 e. The van der Waals surface area contributed by atoms with Crippen LogP contribution in [0, 0.1) is 0 Å². The normalized spacial score (nSPS) is 11.2. The Hall–Kier alpha value is -1.16. The molecule has 0 heterocycles. The number of carbonyl (C=O) groups is 1. The van der Waals surface area contributed by atoms with Crippen LogP contribution in [0.25, 0.3) is 0 Å². The highest BCUT2D eigenvalue weighted by molar-refractivity contribution is 6.32. The second-order valence-corrected chi connectivity index (χ2v) is 3.57. The first-order valence-electron chi connectivity index (χ1n) is 4.18. The fraction of sp³-hybridized carbons (Fsp3) is 0.300. The average Bonchev–Trinajstić information content (AvgIpc) is 2.15. The molecule has 0 radical (unpaired) electrons. The number of halogens is 3. The fourth-order valence-corrected chi connectivity index (χ4v) is 1.08. The van der Waals surface area contributed by atoms with Gasteiger partial charge in [0.25, 0.3) is 5.92 Å². The van der Waals surface area contributed by atoms with Crippen molar-refractivity contribution in [2.24, 2.45) is 0 Å². The van der Waals surface area contributed by atoms with Gasteiger partial charge in [-0.25, -0.2) is 8.78 Å². The van der Waals surface area contributed by atoms with Gasteiger partial charge in [0.1, 0.15) is 12.0 Å². The zero-order chi connectivity index (χ0) is 11.5. The molecule has 0 unspecified atom stereocenters. The molecule has 0 aliphatic carbocycles. The minimum Gasteiger partial charge on any atom is -0.486 e. The minimum atomic E-state index is -2.93. The lowest BCUT2D eigenvalue weighted by atomic mass is 10.2. The van der Waals surface area contributed by atoms with Gasteiger partial charge in [0.15, 0.2) is 6.61 Å². The molecule has 15 heavy (non-hydrogen) atoms. The minimum absolute atomic E-state index is 0.0859. The van der Waals surface area contributed by atoms with Crippen molar-refractivity contribution in [2.45, 2.75) is 12.8 Å². The highest BCUT2D eigenvalue weighted by Gasteiger charge is 2.22. The summed E-state index contributed by atoms with van der Waals surface area (Å²) < 4.78 is 29.8. The van der Waals surface area contributed by atoms with Crippen LogP contribution in [0.5, 0.6) is 5.75 Å². The lowest BCUT2D eigenvalue weighted by Gasteiger charge is -2.13. The highest BCUT2D eigenvalue weighted by atomic mass is 35.5. The van der Waals surface area contributed by atoms with E-state index in [1.54, 1.807) is 0 Å². The SMILES string of the molecule is CC(F)(F)COc1cc(C=O)ccc1Cl. The Bertz CT molecular complexity index is 361. The molecule has 0 N–H and O–H groups in total. The predicted octanol–water partition coefficient (Wildman–Crippen LogP) is 3.19. The van der Waals surface area contributed by atoms with Crippen LogP contribution < -0.4 is 4.74 Å². The van der Waals surface area contributed by atoms with Crippen LogP contribution in [-0.4, -0.2) is 18.8 Å². The first-order valence-corrected chi connectivity index (χ1v) is 4.55. The first-order chi connectivity index (χ1) is 6.92. The number of ether oxygens (including phenoxy) is 1. The molecule has 2 nitrogen and oxygen atoms in total. The number of aldehydes is 1. The molecule has 1 rings (SSSR count). The van der Waals surface area contributed by atoms with Crippen LogP contribution in [0.4, 0.5) is 8.78 Å². The number of rotatable bonds is 4. The van der Waals surface area contributed by atoms with Crippen LogP contribution in [0.1, 0.15) is 17.3 Å². The molecule has 0 aromatic heterocycles. The summed E-state index contributed by atoms with van der Waals surface area (Å²) in [5, 5.41) is 0.199. The molecule has 5 heteroatoms. The molecule has 1 aromatic carbocycles. The maximum absolute atomic E-state index is 12.5. The molecule has 0 fully saturated rings. The third kappa shape index (κ3) is 3.83. The summed E-state index contributed by atoms with van der Waals surface area (Å²) in [6, 6.07) is 4.22. The van der Waals surface area contributed by atoms with E-state index in [-0.39, 0.29) is 10.8 Å². The van der Waals surface area contributed by atoms with Crippen molar-refractivity contribution in [1.29, 1.82) is 0 Å². The summed E-state index contributed by atoms with van der Waals surface area (Å²) in [6.45, 7) is -0.0283. The average molecular weight is 235 g/mol. The van der Waals surface area contributed by atoms with Crippen molar-refractivity contribution in [1.82, 2.24) is 0 Å². The van der Waals surface area contributed by atoms with Gasteiger partial charge in [0.05, 0.1) is 5.02 Å². The van der Waals surface area contributed by atoms with Crippen molar-refractivity contribution in [3.63, 3.8) is 0 Å². The van der Waals surface area contributed by atoms with Gasteiger partial charge < -0.3 is 4.74 Å². The third-order valence-electron chi connectivity index (χ3n) is 1.57. The smallest absolute Gasteiger partial charge is 0.278 e. The predicted molar refractivity (Wildman–Crippen MR) is 53.0 cm³/mol. The van der Waals surface area contributed by atoms with Gasteiger partial charge in [-0.1, -0.05) is 11.6 Å². The van der Waals surface area contributed by atoms with E-state index in [1.807, 2.05) is 0 Å². The number of carbonyl (C=O) groups excluding carboxylic acids is 1. The second-order valence-electron chi connectivity index (χ2n) is 3.17. The zero-order valence-corrected chi connectivity index (χ0v) is 8.72. The van der Waals surface area contributed by atoms with Crippen LogP contribution in [0.15, 0.2) is 18.2 Å². The van der Waals surface area contributed by atoms with Gasteiger partial charge in [0.2, 0.25) is 0 Å². The van der Waals surface area contributed by atoms with E-state index in [1.165, 1.54) is 18.2 Å². The Kier molecular flexibility index (Phi) is 3.63. The second kappa shape index (κ2) is 4.57. The summed E-state index contributed by atoms with van der Waals surface area (Å²) in [7, 11) is 0. The molecule has 0 saturated carbocycles. The van der Waals surface area contributed by atoms with Crippen LogP contribution in [-0.2, 0) is 0 Å². The maximum atomic E-state index is 12.5. The van der Waals surface area contributed by atoms with Crippen molar-refractivity contribution < 1.29 is 18.3 Å². The van der Waals surface area contributed by atoms with E-state index < -0.39 is 12.5 Å². The molecule has 0 aliphatic rings. The Morgan fingerprint density at radius 1 is 1.53 bits per heavy atom. The molecule has 0 aliphatic heterocycles. The zero-order valence-electron chi connectivity index (χ0n) is 7.97. The summed E-state index contributed by atoms with van der Waals surface area (Å²) in [5.74, 6) is -2.84. The van der Waals surface area contributed by atoms with Gasteiger partial charge in [-0.05, 0) is 18.2 Å². The summed E-state index contributed by atoms with van der Waals surface area (Å²) in [4.78, 5) is 10.4. The topological polar surface area (TPSA) is 26.3 Å². The van der Waals surface area contributed by atoms with Crippen molar-refractivity contribution >= 4 is 17.9 Å². The standard InChI is InChI=1S/C10H9ClF2O2/c1-10(12,13)6-15-9-4-7(5-14)2-3-8(9)11/h2-5H,6H2,1H3. The molecule has 0 bridgehead atoms. The number of alkyl halides is 2. The molecule has 0 saturated heterocycles. The van der Waals surface area contributed by atoms with E-state index in [9.17, 15) is 13.6 Å². The van der Waals surface area contributed by atoms with E-state index in [4.69, 9.17) is 16.3 Å². The third-order valence-corrected chi connectivity index (χ3v) is 1.88. The lowest BCUT2D eigenvalue weighted by Crippen LogP contribution is -2.21. The van der Waals surface area contributed by atoms with Gasteiger partial charge in [-0.2, -0.15) is 0 Å². The van der Waals surface area contributed by atoms with Crippen molar-refractivity contribution in [2.75, 3.05) is 6.61 Å². The Morgan fingerprint density at radius 2 is 2.20 bits per heavy atom. The molecule has 0 atom stereocenters. The van der Waals surface area contributed by atoms with Gasteiger partial charge >= 0.3 is 0 Å². The number of hydrogen-bond acceptors (Lipinski definition) is 2. The van der Waals surface area contributed by atoms with Gasteiger partial charge in [-0.15, -0.1) is 0 Å². The van der Waals surface area contributed by atoms with Crippen LogP contribution in [0.3, 0.4) is 0 Å². The van der Waals surface area contributed by atoms with Crippen molar-refractivity contribution in [3.05, 3.63) is 28.8 Å². The summed E-state index contributed by atoms with van der Waals surface area (Å²) in [6.07, 6.45) is 0.591. The Balaban J connectivity index is 2.80. The van der Waals surface area contributed by atoms with Crippen LogP contribution >= 0.6 is 11.6 Å². The Morgan fingerprint density at radius 3 is 2.73 bits per heavy atom. The number of hydrogen-bond donors (Lipinski definition) is 0. The van der Waals surface area contributed by atoms with E-state index >= 15 is 0 Å². The fourth-order valence-electron chi connectivity index (χ4n) is 0.908. The molecule has 0 amide bonds. The summed E-state index contributed by atoms with van der Waals surface area (Å²) >= 11 is 5.70. The van der Waals surface area contributed by atoms with Crippen molar-refractivity contribution in [3.8, 4) is 5.75 Å². The highest BCUT2D eigenvalue weighted by Crippen LogP contribution is 2.26. The molecular weight excluding hydrogens is 226 g/mol. The van der Waals surface area contributed by atoms with E-state index in [0.29, 0.717) is 11.8 Å². The van der Waals surface area contributed by atoms with E-state index in [0.717, 1.165) is 6.92 Å². The molecule has 1 aromatic rings. The Labute approximate surface area is 90.8 Å². The summed E-state index contributed by atoms with van der Waals surface area (Å²) in [5.41, 5.74) is 0.328. The number of benzene rings is 1. The largest absolute Gasteiger partial charge is 0.486 e. The van der Waals surface area contributed by atoms with Gasteiger partial charge in [0, 0.05) is 12.5 Å². The quantitative estimate of drug-likeness (QED) is 0.748. The molecule has 0 spiro atoms. The van der Waals surface area contributed by atoms with E-state index in [2.05, 4.69) is 0 Å². The van der Waals surface area contributed by atoms with Crippen LogP contribution in [0.2, 0.25) is 5.02 Å². The molecular formula is C10H9ClF2O2. The van der Waals surface area contributed by atoms with Gasteiger partial charge in [-0.3, -0.25) is 4.79 Å². The monoisotopic (exact) mass is 234 g/mol. The lowest BCUT2D eigenvalue weighted by molar-refractivity contribution is -0.0229.